The van der Waals surface area contributed by atoms with Crippen LogP contribution in [-0.4, -0.2) is 29.3 Å². The van der Waals surface area contributed by atoms with E-state index in [1.165, 1.54) is 0 Å². The molecule has 2 heterocycles. The molecule has 0 bridgehead atoms. The van der Waals surface area contributed by atoms with E-state index in [1.807, 2.05) is 37.3 Å². The summed E-state index contributed by atoms with van der Waals surface area (Å²) in [6.45, 7) is 2.19. The summed E-state index contributed by atoms with van der Waals surface area (Å²) in [6.07, 6.45) is 0. The van der Waals surface area contributed by atoms with E-state index in [0.29, 0.717) is 29.4 Å². The quantitative estimate of drug-likeness (QED) is 0.520. The van der Waals surface area contributed by atoms with Crippen LogP contribution in [0, 0.1) is 11.3 Å². The molecule has 0 saturated carbocycles. The number of nitrogens with zero attached hydrogens (tertiary/aromatic N) is 2. The van der Waals surface area contributed by atoms with Gasteiger partial charge in [0.2, 0.25) is 11.8 Å². The molecule has 1 aliphatic heterocycles. The number of fused-ring (bicyclic) bond motifs is 1. The number of carbonyl (C=O) groups excluding carboxylic acids is 1. The number of hydrogen-bond donors (Lipinski definition) is 3. The number of hydrogen-bond acceptors (Lipinski definition) is 7. The fraction of sp³-hybridized carbons (Fsp3) is 0.174. The van der Waals surface area contributed by atoms with Gasteiger partial charge in [-0.05, 0) is 36.8 Å². The van der Waals surface area contributed by atoms with Crippen molar-refractivity contribution < 1.29 is 19.0 Å². The van der Waals surface area contributed by atoms with Gasteiger partial charge >= 0.3 is 0 Å². The Labute approximate surface area is 184 Å². The van der Waals surface area contributed by atoms with Gasteiger partial charge in [0, 0.05) is 5.56 Å². The van der Waals surface area contributed by atoms with Gasteiger partial charge in [-0.15, -0.1) is 5.10 Å². The second kappa shape index (κ2) is 8.73. The zero-order chi connectivity index (χ0) is 22.7. The van der Waals surface area contributed by atoms with Crippen molar-refractivity contribution >= 4 is 5.91 Å². The number of nitrogens with two attached hydrogens (primary N) is 2. The molecule has 1 unspecified atom stereocenters. The summed E-state index contributed by atoms with van der Waals surface area (Å²) < 4.78 is 16.7. The van der Waals surface area contributed by atoms with Crippen LogP contribution in [0.5, 0.6) is 17.4 Å². The van der Waals surface area contributed by atoms with Crippen LogP contribution in [0.4, 0.5) is 0 Å². The number of benzene rings is 2. The van der Waals surface area contributed by atoms with Crippen LogP contribution >= 0.6 is 0 Å². The first-order valence-corrected chi connectivity index (χ1v) is 9.92. The van der Waals surface area contributed by atoms with Gasteiger partial charge in [-0.2, -0.15) is 5.26 Å². The third-order valence-electron chi connectivity index (χ3n) is 4.95. The highest BCUT2D eigenvalue weighted by Crippen LogP contribution is 2.46. The molecule has 0 radical (unpaired) electrons. The summed E-state index contributed by atoms with van der Waals surface area (Å²) in [7, 11) is 0. The lowest BCUT2D eigenvalue weighted by Crippen LogP contribution is -2.21. The average molecular weight is 431 g/mol. The van der Waals surface area contributed by atoms with Crippen LogP contribution in [0.2, 0.25) is 0 Å². The molecule has 32 heavy (non-hydrogen) atoms. The van der Waals surface area contributed by atoms with Crippen molar-refractivity contribution in [2.45, 2.75) is 12.8 Å². The fourth-order valence-corrected chi connectivity index (χ4v) is 3.64. The van der Waals surface area contributed by atoms with Gasteiger partial charge in [0.1, 0.15) is 23.1 Å². The zero-order valence-electron chi connectivity index (χ0n) is 17.3. The highest BCUT2D eigenvalue weighted by molar-refractivity contribution is 5.75. The highest BCUT2D eigenvalue weighted by atomic mass is 16.5. The average Bonchev–Trinajstić information content (AvgIpc) is 3.20. The smallest absolute Gasteiger partial charge is 0.255 e. The fourth-order valence-electron chi connectivity index (χ4n) is 3.64. The third kappa shape index (κ3) is 3.94. The molecule has 0 spiro atoms. The van der Waals surface area contributed by atoms with Crippen LogP contribution in [0.25, 0.3) is 11.3 Å². The molecule has 9 nitrogen and oxygen atoms in total. The molecule has 4 rings (SSSR count). The van der Waals surface area contributed by atoms with E-state index in [0.717, 1.165) is 11.1 Å². The molecule has 1 amide bonds. The number of carbonyl (C=O) groups is 1. The van der Waals surface area contributed by atoms with E-state index in [-0.39, 0.29) is 23.9 Å². The number of aromatic amines is 1. The number of aromatic nitrogens is 2. The van der Waals surface area contributed by atoms with E-state index in [1.54, 1.807) is 18.2 Å². The van der Waals surface area contributed by atoms with Crippen LogP contribution in [-0.2, 0) is 4.79 Å². The first-order chi connectivity index (χ1) is 15.5. The number of ether oxygens (including phenoxy) is 3. The minimum absolute atomic E-state index is 0.0189. The van der Waals surface area contributed by atoms with Gasteiger partial charge in [-0.1, -0.05) is 24.3 Å². The molecule has 1 aliphatic rings. The summed E-state index contributed by atoms with van der Waals surface area (Å²) in [5.74, 6) is 0.260. The van der Waals surface area contributed by atoms with Gasteiger partial charge in [0.15, 0.2) is 6.61 Å². The van der Waals surface area contributed by atoms with E-state index in [9.17, 15) is 10.1 Å². The van der Waals surface area contributed by atoms with E-state index >= 15 is 0 Å². The standard InChI is InChI=1S/C23H21N5O4/c1-2-30-15-7-4-6-14(10-15)21-20-19(17(11-24)22(26)32-23(20)28-27-21)13-5-3-8-16(9-13)31-12-18(25)29/h3-10,19H,2,12,26H2,1H3,(H2,25,29)(H,27,28). The molecule has 1 atom stereocenters. The van der Waals surface area contributed by atoms with Crippen molar-refractivity contribution in [2.24, 2.45) is 11.5 Å². The Morgan fingerprint density at radius 2 is 1.97 bits per heavy atom. The number of primary amides is 1. The van der Waals surface area contributed by atoms with Crippen molar-refractivity contribution in [1.29, 1.82) is 5.26 Å². The van der Waals surface area contributed by atoms with Crippen molar-refractivity contribution in [2.75, 3.05) is 13.2 Å². The molecule has 0 aliphatic carbocycles. The van der Waals surface area contributed by atoms with Gasteiger partial charge in [0.25, 0.3) is 5.91 Å². The summed E-state index contributed by atoms with van der Waals surface area (Å²) in [6, 6.07) is 16.7. The number of rotatable bonds is 7. The zero-order valence-corrected chi connectivity index (χ0v) is 17.3. The van der Waals surface area contributed by atoms with Gasteiger partial charge < -0.3 is 25.7 Å². The Hall–Kier alpha value is -4.45. The summed E-state index contributed by atoms with van der Waals surface area (Å²) in [5, 5.41) is 17.2. The highest BCUT2D eigenvalue weighted by Gasteiger charge is 2.35. The number of allylic oxidation sites excluding steroid dienone is 1. The number of H-pyrrole nitrogens is 1. The lowest BCUT2D eigenvalue weighted by Gasteiger charge is -2.24. The lowest BCUT2D eigenvalue weighted by molar-refractivity contribution is -0.119. The van der Waals surface area contributed by atoms with Crippen molar-refractivity contribution in [1.82, 2.24) is 10.2 Å². The van der Waals surface area contributed by atoms with Crippen LogP contribution in [0.15, 0.2) is 60.0 Å². The second-order valence-corrected chi connectivity index (χ2v) is 7.03. The number of nitriles is 1. The number of nitrogens with one attached hydrogen (secondary N) is 1. The summed E-state index contributed by atoms with van der Waals surface area (Å²) >= 11 is 0. The van der Waals surface area contributed by atoms with Crippen molar-refractivity contribution in [3.05, 3.63) is 71.1 Å². The summed E-state index contributed by atoms with van der Waals surface area (Å²) in [5.41, 5.74) is 14.4. The minimum Gasteiger partial charge on any atom is -0.494 e. The Kier molecular flexibility index (Phi) is 5.68. The Morgan fingerprint density at radius 1 is 1.22 bits per heavy atom. The predicted octanol–water partition coefficient (Wildman–Crippen LogP) is 2.56. The molecule has 5 N–H and O–H groups in total. The van der Waals surface area contributed by atoms with Crippen LogP contribution in [0.3, 0.4) is 0 Å². The van der Waals surface area contributed by atoms with Gasteiger partial charge in [-0.25, -0.2) is 0 Å². The van der Waals surface area contributed by atoms with Crippen molar-refractivity contribution in [3.8, 4) is 34.7 Å². The van der Waals surface area contributed by atoms with Gasteiger partial charge in [0.05, 0.1) is 23.8 Å². The number of amides is 1. The maximum Gasteiger partial charge on any atom is 0.255 e. The van der Waals surface area contributed by atoms with Crippen molar-refractivity contribution in [3.63, 3.8) is 0 Å². The molecule has 2 aromatic carbocycles. The van der Waals surface area contributed by atoms with E-state index in [2.05, 4.69) is 16.3 Å². The largest absolute Gasteiger partial charge is 0.494 e. The molecule has 162 valence electrons. The first-order valence-electron chi connectivity index (χ1n) is 9.92. The van der Waals surface area contributed by atoms with Gasteiger partial charge in [-0.3, -0.25) is 9.89 Å². The Bertz CT molecular complexity index is 1240. The topological polar surface area (TPSA) is 149 Å². The van der Waals surface area contributed by atoms with E-state index in [4.69, 9.17) is 25.7 Å². The molecule has 9 heteroatoms. The van der Waals surface area contributed by atoms with Crippen LogP contribution in [0.1, 0.15) is 24.0 Å². The molecular weight excluding hydrogens is 410 g/mol. The monoisotopic (exact) mass is 431 g/mol. The predicted molar refractivity (Wildman–Crippen MR) is 116 cm³/mol. The van der Waals surface area contributed by atoms with Crippen LogP contribution < -0.4 is 25.7 Å². The lowest BCUT2D eigenvalue weighted by atomic mass is 9.83. The minimum atomic E-state index is -0.586. The molecule has 0 saturated heterocycles. The molecule has 1 aromatic heterocycles. The first kappa shape index (κ1) is 20.8. The van der Waals surface area contributed by atoms with E-state index < -0.39 is 11.8 Å². The summed E-state index contributed by atoms with van der Waals surface area (Å²) in [4.78, 5) is 11.1. The third-order valence-corrected chi connectivity index (χ3v) is 4.95. The molecular formula is C23H21N5O4. The molecule has 0 fully saturated rings. The maximum atomic E-state index is 11.1. The normalized spacial score (nSPS) is 14.8. The SMILES string of the molecule is CCOc1cccc(-c2[nH]nc3c2C(c2cccc(OCC(N)=O)c2)C(C#N)=C(N)O3)c1. The second-order valence-electron chi connectivity index (χ2n) is 7.03. The molecule has 3 aromatic rings. The maximum absolute atomic E-state index is 11.1. The Morgan fingerprint density at radius 3 is 2.69 bits per heavy atom. The Balaban J connectivity index is 1.83.